The minimum Gasteiger partial charge on any atom is -0.370 e. The molecule has 0 spiro atoms. The molecule has 0 bridgehead atoms. The number of aryl methyl sites for hydroxylation is 3. The Morgan fingerprint density at radius 3 is 2.27 bits per heavy atom. The second-order valence-corrected chi connectivity index (χ2v) is 17.0. The fraction of sp³-hybridized carbons (Fsp3) is 0.500. The van der Waals surface area contributed by atoms with Crippen LogP contribution < -0.4 is 9.80 Å². The van der Waals surface area contributed by atoms with Crippen molar-refractivity contribution in [2.24, 2.45) is 10.9 Å². The van der Waals surface area contributed by atoms with Crippen LogP contribution in [0.15, 0.2) is 53.5 Å². The second kappa shape index (κ2) is 14.0. The summed E-state index contributed by atoms with van der Waals surface area (Å²) in [6, 6.07) is 18.3. The number of hydrogen-bond donors (Lipinski definition) is 0. The van der Waals surface area contributed by atoms with Gasteiger partial charge in [0.2, 0.25) is 0 Å². The summed E-state index contributed by atoms with van der Waals surface area (Å²) in [5.41, 5.74) is 8.32. The molecule has 236 valence electrons. The van der Waals surface area contributed by atoms with Crippen molar-refractivity contribution < 1.29 is 8.78 Å². The summed E-state index contributed by atoms with van der Waals surface area (Å²) in [5.74, 6) is 0.000617. The Morgan fingerprint density at radius 2 is 1.61 bits per heavy atom. The molecule has 2 aliphatic heterocycles. The summed E-state index contributed by atoms with van der Waals surface area (Å²) in [6.07, 6.45) is 5.09. The second-order valence-electron chi connectivity index (χ2n) is 13.6. The van der Waals surface area contributed by atoms with Crippen molar-refractivity contribution in [3.8, 4) is 0 Å². The first kappa shape index (κ1) is 32.4. The van der Waals surface area contributed by atoms with Crippen LogP contribution in [0.25, 0.3) is 0 Å². The molecule has 0 saturated carbocycles. The van der Waals surface area contributed by atoms with Crippen LogP contribution in [-0.2, 0) is 0 Å². The van der Waals surface area contributed by atoms with E-state index in [9.17, 15) is 0 Å². The topological polar surface area (TPSA) is 18.8 Å². The lowest BCUT2D eigenvalue weighted by molar-refractivity contribution is 0.572. The fourth-order valence-electron chi connectivity index (χ4n) is 7.16. The molecule has 0 amide bonds. The molecule has 6 heteroatoms. The van der Waals surface area contributed by atoms with Crippen LogP contribution in [0.5, 0.6) is 0 Å². The van der Waals surface area contributed by atoms with Gasteiger partial charge in [0.1, 0.15) is 11.6 Å². The normalized spacial score (nSPS) is 20.4. The predicted octanol–water partition coefficient (Wildman–Crippen LogP) is 10.6. The number of aliphatic imine (C=N–C) groups is 1. The highest BCUT2D eigenvalue weighted by molar-refractivity contribution is 6.57. The summed E-state index contributed by atoms with van der Waals surface area (Å²) >= 11 is 0. The predicted molar refractivity (Wildman–Crippen MR) is 187 cm³/mol. The number of hydrogen-bond acceptors (Lipinski definition) is 3. The average molecular weight is 616 g/mol. The van der Waals surface area contributed by atoms with Crippen LogP contribution >= 0.6 is 0 Å². The number of benzene rings is 3. The van der Waals surface area contributed by atoms with Crippen LogP contribution in [0.1, 0.15) is 92.8 Å². The third-order valence-corrected chi connectivity index (χ3v) is 12.6. The molecule has 0 aliphatic carbocycles. The smallest absolute Gasteiger partial charge is 0.148 e. The molecule has 3 aromatic carbocycles. The summed E-state index contributed by atoms with van der Waals surface area (Å²) in [4.78, 5) is 9.56. The van der Waals surface area contributed by atoms with Crippen LogP contribution in [0.4, 0.5) is 25.8 Å². The van der Waals surface area contributed by atoms with Crippen LogP contribution in [0, 0.1) is 38.3 Å². The average Bonchev–Trinajstić information content (AvgIpc) is 3.43. The van der Waals surface area contributed by atoms with Gasteiger partial charge in [-0.3, -0.25) is 4.99 Å². The first-order valence-electron chi connectivity index (χ1n) is 16.8. The number of nitrogens with zero attached hydrogens (tertiary/aromatic N) is 3. The molecule has 0 radical (unpaired) electrons. The first-order valence-corrected chi connectivity index (χ1v) is 19.6. The van der Waals surface area contributed by atoms with E-state index in [2.05, 4.69) is 74.4 Å². The zero-order valence-corrected chi connectivity index (χ0v) is 29.0. The van der Waals surface area contributed by atoms with Crippen molar-refractivity contribution in [3.63, 3.8) is 0 Å². The van der Waals surface area contributed by atoms with Gasteiger partial charge in [0.15, 0.2) is 0 Å². The molecule has 3 nitrogen and oxygen atoms in total. The van der Waals surface area contributed by atoms with Gasteiger partial charge in [0.25, 0.3) is 0 Å². The van der Waals surface area contributed by atoms with Gasteiger partial charge in [0, 0.05) is 38.8 Å². The van der Waals surface area contributed by atoms with Gasteiger partial charge >= 0.3 is 0 Å². The molecule has 2 fully saturated rings. The third kappa shape index (κ3) is 6.96. The molecule has 0 N–H and O–H groups in total. The Balaban J connectivity index is 1.56. The number of unbranched alkanes of at least 4 members (excludes halogenated alkanes) is 1. The lowest BCUT2D eigenvalue weighted by Gasteiger charge is -2.36. The zero-order valence-electron chi connectivity index (χ0n) is 27.9. The minimum atomic E-state index is -0.657. The maximum absolute atomic E-state index is 16.1. The van der Waals surface area contributed by atoms with E-state index in [0.29, 0.717) is 11.5 Å². The minimum absolute atomic E-state index is 0.0237. The molecule has 44 heavy (non-hydrogen) atoms. The van der Waals surface area contributed by atoms with E-state index >= 15 is 8.78 Å². The van der Waals surface area contributed by atoms with Gasteiger partial charge in [-0.15, -0.1) is 0 Å². The van der Waals surface area contributed by atoms with Crippen molar-refractivity contribution in [3.05, 3.63) is 88.0 Å². The van der Waals surface area contributed by atoms with Crippen molar-refractivity contribution in [2.75, 3.05) is 22.9 Å². The molecule has 3 aromatic rings. The van der Waals surface area contributed by atoms with Gasteiger partial charge in [-0.05, 0) is 106 Å². The van der Waals surface area contributed by atoms with E-state index in [0.717, 1.165) is 72.7 Å². The number of anilines is 2. The van der Waals surface area contributed by atoms with E-state index in [1.54, 1.807) is 12.1 Å². The van der Waals surface area contributed by atoms with E-state index in [1.807, 2.05) is 19.9 Å². The van der Waals surface area contributed by atoms with Crippen molar-refractivity contribution >= 4 is 31.6 Å². The Bertz CT molecular complexity index is 1450. The molecule has 2 saturated heterocycles. The highest BCUT2D eigenvalue weighted by Crippen LogP contribution is 2.49. The summed E-state index contributed by atoms with van der Waals surface area (Å²) < 4.78 is 32.1. The van der Waals surface area contributed by atoms with Gasteiger partial charge in [-0.2, -0.15) is 0 Å². The maximum atomic E-state index is 16.1. The number of halogens is 2. The summed E-state index contributed by atoms with van der Waals surface area (Å²) in [5, 5.41) is 0. The summed E-state index contributed by atoms with van der Waals surface area (Å²) in [7, 11) is -0.657. The van der Waals surface area contributed by atoms with Crippen LogP contribution in [-0.4, -0.2) is 27.6 Å². The van der Waals surface area contributed by atoms with Gasteiger partial charge < -0.3 is 9.80 Å². The molecule has 5 rings (SSSR count). The maximum Gasteiger partial charge on any atom is 0.148 e. The highest BCUT2D eigenvalue weighted by Gasteiger charge is 2.38. The van der Waals surface area contributed by atoms with E-state index in [-0.39, 0.29) is 23.7 Å². The molecule has 2 heterocycles. The SMILES string of the molecule is CCCC[C@H](C)/C(C)=N/c1cc([C@H]2CC[C@H](c3ccc(C)cc3)N2c2cc(C)c(N3CC[SiH](C)CC3)c(F)c2)c(F)cc1C. The van der Waals surface area contributed by atoms with Crippen molar-refractivity contribution in [2.45, 2.75) is 104 Å². The monoisotopic (exact) mass is 615 g/mol. The van der Waals surface area contributed by atoms with Gasteiger partial charge in [0.05, 0.1) is 23.5 Å². The number of rotatable bonds is 9. The van der Waals surface area contributed by atoms with Crippen LogP contribution in [0.3, 0.4) is 0 Å². The summed E-state index contributed by atoms with van der Waals surface area (Å²) in [6.45, 7) is 16.9. The third-order valence-electron chi connectivity index (χ3n) is 10.2. The fourth-order valence-corrected chi connectivity index (χ4v) is 8.96. The molecular formula is C38H51F2N3Si. The quantitative estimate of drug-likeness (QED) is 0.176. The molecule has 2 aliphatic rings. The Kier molecular flexibility index (Phi) is 10.3. The lowest BCUT2D eigenvalue weighted by atomic mass is 9.98. The molecule has 0 unspecified atom stereocenters. The molecule has 0 aromatic heterocycles. The molecule has 3 atom stereocenters. The van der Waals surface area contributed by atoms with Crippen LogP contribution in [0.2, 0.25) is 18.6 Å². The van der Waals surface area contributed by atoms with Gasteiger partial charge in [-0.25, -0.2) is 8.78 Å². The highest BCUT2D eigenvalue weighted by atomic mass is 28.3. The standard InChI is InChI=1S/C38H51F2N3Si/c1-8-9-10-26(3)29(6)41-35-24-32(33(39)22-27(35)4)37-16-15-36(30-13-11-25(2)12-14-30)43(37)31-21-28(5)38(34(40)23-31)42-17-19-44(7)20-18-42/h11-14,21-24,26,36-37,44H,8-10,15-20H2,1-7H3/b41-29+/t26-,36+,37+/m0/s1. The van der Waals surface area contributed by atoms with Crippen molar-refractivity contribution in [1.29, 1.82) is 0 Å². The largest absolute Gasteiger partial charge is 0.370 e. The Morgan fingerprint density at radius 1 is 0.932 bits per heavy atom. The zero-order chi connectivity index (χ0) is 31.5. The lowest BCUT2D eigenvalue weighted by Crippen LogP contribution is -2.36. The van der Waals surface area contributed by atoms with Gasteiger partial charge in [-0.1, -0.05) is 63.1 Å². The van der Waals surface area contributed by atoms with E-state index in [4.69, 9.17) is 4.99 Å². The first-order chi connectivity index (χ1) is 21.1. The Hall–Kier alpha value is -2.99. The molecular weight excluding hydrogens is 565 g/mol. The van der Waals surface area contributed by atoms with Crippen molar-refractivity contribution in [1.82, 2.24) is 0 Å². The van der Waals surface area contributed by atoms with E-state index in [1.165, 1.54) is 29.6 Å². The van der Waals surface area contributed by atoms with E-state index < -0.39 is 8.80 Å². The Labute approximate surface area is 266 Å².